The average Bonchev–Trinajstić information content (AvgIpc) is 3.25. The summed E-state index contributed by atoms with van der Waals surface area (Å²) in [5.74, 6) is -0.261. The summed E-state index contributed by atoms with van der Waals surface area (Å²) in [7, 11) is 0. The van der Waals surface area contributed by atoms with Gasteiger partial charge in [0.05, 0.1) is 5.69 Å². The molecule has 0 aliphatic heterocycles. The third-order valence-corrected chi connectivity index (χ3v) is 5.10. The minimum Gasteiger partial charge on any atom is -0.427 e. The highest BCUT2D eigenvalue weighted by atomic mass is 32.1. The zero-order chi connectivity index (χ0) is 20.9. The maximum atomic E-state index is 12.5. The Balaban J connectivity index is 1.49. The van der Waals surface area contributed by atoms with Gasteiger partial charge in [0.25, 0.3) is 5.91 Å². The molecule has 4 aromatic rings. The number of hydrogen-bond donors (Lipinski definition) is 1. The van der Waals surface area contributed by atoms with Crippen molar-refractivity contribution in [3.8, 4) is 27.6 Å². The Morgan fingerprint density at radius 3 is 2.53 bits per heavy atom. The molecule has 6 nitrogen and oxygen atoms in total. The molecule has 148 valence electrons. The summed E-state index contributed by atoms with van der Waals surface area (Å²) >= 11 is 1.55. The Bertz CT molecular complexity index is 1190. The van der Waals surface area contributed by atoms with Gasteiger partial charge in [0.2, 0.25) is 0 Å². The first-order chi connectivity index (χ1) is 14.6. The van der Waals surface area contributed by atoms with E-state index in [0.29, 0.717) is 17.0 Å². The molecule has 1 N–H and O–H groups in total. The van der Waals surface area contributed by atoms with Crippen molar-refractivity contribution in [2.75, 3.05) is 5.32 Å². The number of nitrogens with one attached hydrogen (secondary N) is 1. The van der Waals surface area contributed by atoms with Crippen molar-refractivity contribution in [1.29, 1.82) is 0 Å². The highest BCUT2D eigenvalue weighted by Gasteiger charge is 2.10. The molecular weight excluding hydrogens is 398 g/mol. The molecule has 4 rings (SSSR count). The van der Waals surface area contributed by atoms with Gasteiger partial charge >= 0.3 is 5.97 Å². The molecule has 7 heteroatoms. The van der Waals surface area contributed by atoms with Gasteiger partial charge in [0, 0.05) is 47.1 Å². The molecule has 0 unspecified atom stereocenters. The Hall–Kier alpha value is -3.84. The van der Waals surface area contributed by atoms with Gasteiger partial charge in [-0.2, -0.15) is 0 Å². The lowest BCUT2D eigenvalue weighted by Gasteiger charge is -2.07. The fourth-order valence-electron chi connectivity index (χ4n) is 2.83. The van der Waals surface area contributed by atoms with E-state index in [4.69, 9.17) is 4.74 Å². The summed E-state index contributed by atoms with van der Waals surface area (Å²) in [6.45, 7) is 1.33. The van der Waals surface area contributed by atoms with Gasteiger partial charge in [-0.3, -0.25) is 14.6 Å². The van der Waals surface area contributed by atoms with Crippen LogP contribution in [-0.2, 0) is 4.79 Å². The first kappa shape index (κ1) is 19.5. The van der Waals surface area contributed by atoms with Crippen molar-refractivity contribution in [3.63, 3.8) is 0 Å². The van der Waals surface area contributed by atoms with Gasteiger partial charge in [-0.05, 0) is 48.5 Å². The van der Waals surface area contributed by atoms with Gasteiger partial charge < -0.3 is 10.1 Å². The number of rotatable bonds is 5. The highest BCUT2D eigenvalue weighted by molar-refractivity contribution is 7.13. The van der Waals surface area contributed by atoms with E-state index >= 15 is 0 Å². The van der Waals surface area contributed by atoms with Crippen LogP contribution < -0.4 is 10.1 Å². The molecule has 2 aromatic carbocycles. The van der Waals surface area contributed by atoms with E-state index in [1.54, 1.807) is 48.0 Å². The lowest BCUT2D eigenvalue weighted by atomic mass is 10.1. The van der Waals surface area contributed by atoms with Gasteiger partial charge in [0.1, 0.15) is 10.8 Å². The number of carbonyl (C=O) groups excluding carboxylic acids is 2. The molecule has 2 aromatic heterocycles. The number of ether oxygens (including phenoxy) is 1. The van der Waals surface area contributed by atoms with Crippen LogP contribution in [0.1, 0.15) is 17.3 Å². The highest BCUT2D eigenvalue weighted by Crippen LogP contribution is 2.29. The van der Waals surface area contributed by atoms with Crippen molar-refractivity contribution in [1.82, 2.24) is 9.97 Å². The van der Waals surface area contributed by atoms with Crippen LogP contribution in [0.25, 0.3) is 21.8 Å². The number of pyridine rings is 1. The van der Waals surface area contributed by atoms with E-state index in [-0.39, 0.29) is 5.91 Å². The third kappa shape index (κ3) is 4.59. The first-order valence-corrected chi connectivity index (χ1v) is 10.0. The quantitative estimate of drug-likeness (QED) is 0.364. The number of hydrogen-bond acceptors (Lipinski definition) is 6. The van der Waals surface area contributed by atoms with E-state index in [1.165, 1.54) is 6.92 Å². The zero-order valence-electron chi connectivity index (χ0n) is 16.0. The Labute approximate surface area is 177 Å². The number of anilines is 1. The summed E-state index contributed by atoms with van der Waals surface area (Å²) in [5.41, 5.74) is 3.84. The number of esters is 1. The Morgan fingerprint density at radius 2 is 1.80 bits per heavy atom. The van der Waals surface area contributed by atoms with E-state index in [0.717, 1.165) is 21.8 Å². The van der Waals surface area contributed by atoms with Gasteiger partial charge in [-0.25, -0.2) is 4.98 Å². The van der Waals surface area contributed by atoms with Crippen molar-refractivity contribution in [3.05, 3.63) is 84.0 Å². The third-order valence-electron chi connectivity index (χ3n) is 4.21. The molecule has 0 radical (unpaired) electrons. The number of carbonyl (C=O) groups is 2. The number of amides is 1. The van der Waals surface area contributed by atoms with E-state index in [9.17, 15) is 9.59 Å². The minimum atomic E-state index is -0.405. The van der Waals surface area contributed by atoms with Crippen LogP contribution in [0, 0.1) is 0 Å². The minimum absolute atomic E-state index is 0.254. The van der Waals surface area contributed by atoms with E-state index in [1.807, 2.05) is 41.8 Å². The van der Waals surface area contributed by atoms with Crippen molar-refractivity contribution in [2.45, 2.75) is 6.92 Å². The Kier molecular flexibility index (Phi) is 5.63. The molecule has 1 amide bonds. The van der Waals surface area contributed by atoms with Gasteiger partial charge in [-0.15, -0.1) is 11.3 Å². The Morgan fingerprint density at radius 1 is 1.00 bits per heavy atom. The summed E-state index contributed by atoms with van der Waals surface area (Å²) in [4.78, 5) is 32.4. The van der Waals surface area contributed by atoms with E-state index < -0.39 is 5.97 Å². The summed E-state index contributed by atoms with van der Waals surface area (Å²) in [5, 5.41) is 5.76. The van der Waals surface area contributed by atoms with Gasteiger partial charge in [-0.1, -0.05) is 12.1 Å². The molecule has 0 saturated carbocycles. The van der Waals surface area contributed by atoms with Crippen LogP contribution >= 0.6 is 11.3 Å². The fourth-order valence-corrected chi connectivity index (χ4v) is 3.65. The maximum Gasteiger partial charge on any atom is 0.308 e. The van der Waals surface area contributed by atoms with Crippen molar-refractivity contribution < 1.29 is 14.3 Å². The van der Waals surface area contributed by atoms with Crippen LogP contribution in [-0.4, -0.2) is 21.8 Å². The number of thiazole rings is 1. The van der Waals surface area contributed by atoms with Crippen molar-refractivity contribution in [2.24, 2.45) is 0 Å². The number of aromatic nitrogens is 2. The fraction of sp³-hybridized carbons (Fsp3) is 0.0435. The predicted molar refractivity (Wildman–Crippen MR) is 116 cm³/mol. The number of nitrogens with zero attached hydrogens (tertiary/aromatic N) is 2. The lowest BCUT2D eigenvalue weighted by Crippen LogP contribution is -2.12. The summed E-state index contributed by atoms with van der Waals surface area (Å²) < 4.78 is 4.99. The molecular formula is C23H17N3O3S. The molecule has 0 fully saturated rings. The largest absolute Gasteiger partial charge is 0.427 e. The molecule has 2 heterocycles. The van der Waals surface area contributed by atoms with Gasteiger partial charge in [0.15, 0.2) is 0 Å². The second-order valence-electron chi connectivity index (χ2n) is 6.43. The molecule has 0 aliphatic rings. The lowest BCUT2D eigenvalue weighted by molar-refractivity contribution is -0.131. The van der Waals surface area contributed by atoms with Crippen LogP contribution in [0.4, 0.5) is 5.69 Å². The maximum absolute atomic E-state index is 12.5. The first-order valence-electron chi connectivity index (χ1n) is 9.15. The van der Waals surface area contributed by atoms with E-state index in [2.05, 4.69) is 15.3 Å². The molecule has 0 aliphatic carbocycles. The molecule has 0 saturated heterocycles. The molecule has 0 atom stereocenters. The second kappa shape index (κ2) is 8.67. The predicted octanol–water partition coefficient (Wildman–Crippen LogP) is 5.05. The number of benzene rings is 2. The summed E-state index contributed by atoms with van der Waals surface area (Å²) in [6, 6.07) is 17.8. The monoisotopic (exact) mass is 415 g/mol. The SMILES string of the molecule is CC(=O)Oc1ccc(C(=O)Nc2cccc(-c3csc(-c4cccnc4)n3)c2)cc1. The zero-order valence-corrected chi connectivity index (χ0v) is 16.8. The second-order valence-corrected chi connectivity index (χ2v) is 7.29. The average molecular weight is 415 g/mol. The van der Waals surface area contributed by atoms with Crippen LogP contribution in [0.5, 0.6) is 5.75 Å². The van der Waals surface area contributed by atoms with Crippen LogP contribution in [0.15, 0.2) is 78.4 Å². The topological polar surface area (TPSA) is 81.2 Å². The molecule has 0 spiro atoms. The van der Waals surface area contributed by atoms with Crippen LogP contribution in [0.2, 0.25) is 0 Å². The molecule has 0 bridgehead atoms. The van der Waals surface area contributed by atoms with Crippen molar-refractivity contribution >= 4 is 28.9 Å². The smallest absolute Gasteiger partial charge is 0.308 e. The standard InChI is InChI=1S/C23H17N3O3S/c1-15(27)29-20-9-7-16(8-10-20)22(28)25-19-6-2-4-17(12-19)21-14-30-23(26-21)18-5-3-11-24-13-18/h2-14H,1H3,(H,25,28). The summed E-state index contributed by atoms with van der Waals surface area (Å²) in [6.07, 6.45) is 3.51. The van der Waals surface area contributed by atoms with Crippen LogP contribution in [0.3, 0.4) is 0 Å². The molecule has 30 heavy (non-hydrogen) atoms. The normalized spacial score (nSPS) is 10.4.